The molecular weight excluding hydrogens is 296 g/mol. The minimum Gasteiger partial charge on any atom is -0.395 e. The molecule has 0 aliphatic carbocycles. The van der Waals surface area contributed by atoms with Crippen molar-refractivity contribution >= 4 is 26.0 Å². The first kappa shape index (κ1) is 13.6. The molecule has 0 radical (unpaired) electrons. The average molecular weight is 309 g/mol. The number of hydrogen-bond acceptors (Lipinski definition) is 4. The van der Waals surface area contributed by atoms with Crippen LogP contribution in [0, 0.1) is 0 Å². The number of nitrogens with zero attached hydrogens (tertiary/aromatic N) is 1. The Kier molecular flexibility index (Phi) is 4.85. The van der Waals surface area contributed by atoms with Gasteiger partial charge in [-0.1, -0.05) is 6.92 Å². The van der Waals surface area contributed by atoms with Crippen LogP contribution in [0.4, 0.5) is 0 Å². The van der Waals surface area contributed by atoms with E-state index in [-0.39, 0.29) is 11.5 Å². The van der Waals surface area contributed by atoms with Crippen LogP contribution in [0.25, 0.3) is 0 Å². The van der Waals surface area contributed by atoms with Gasteiger partial charge in [0, 0.05) is 22.9 Å². The molecule has 0 saturated carbocycles. The summed E-state index contributed by atoms with van der Waals surface area (Å²) in [5.41, 5.74) is 0. The summed E-state index contributed by atoms with van der Waals surface area (Å²) in [4.78, 5) is 3.86. The third-order valence-corrected chi connectivity index (χ3v) is 3.95. The van der Waals surface area contributed by atoms with Crippen LogP contribution in [-0.2, 0) is 10.0 Å². The summed E-state index contributed by atoms with van der Waals surface area (Å²) in [6, 6.07) is 0.989. The first-order chi connectivity index (χ1) is 7.49. The summed E-state index contributed by atoms with van der Waals surface area (Å²) in [6.07, 6.45) is 3.29. The number of sulfonamides is 1. The van der Waals surface area contributed by atoms with Crippen LogP contribution in [0.1, 0.15) is 13.3 Å². The van der Waals surface area contributed by atoms with E-state index in [0.29, 0.717) is 10.9 Å². The molecule has 1 aromatic rings. The minimum atomic E-state index is -3.61. The number of hydrogen-bond donors (Lipinski definition) is 2. The molecule has 1 aromatic heterocycles. The van der Waals surface area contributed by atoms with Crippen LogP contribution < -0.4 is 4.72 Å². The van der Waals surface area contributed by atoms with Gasteiger partial charge in [0.25, 0.3) is 0 Å². The van der Waals surface area contributed by atoms with Crippen molar-refractivity contribution in [3.63, 3.8) is 0 Å². The third kappa shape index (κ3) is 3.51. The highest BCUT2D eigenvalue weighted by atomic mass is 79.9. The molecule has 5 nitrogen and oxygen atoms in total. The quantitative estimate of drug-likeness (QED) is 0.847. The van der Waals surface area contributed by atoms with Crippen LogP contribution >= 0.6 is 15.9 Å². The van der Waals surface area contributed by atoms with E-state index >= 15 is 0 Å². The SMILES string of the molecule is CC[C@@H](CO)NS(=O)(=O)c1cncc(Br)c1. The number of pyridine rings is 1. The van der Waals surface area contributed by atoms with Gasteiger partial charge in [-0.3, -0.25) is 4.98 Å². The molecule has 0 bridgehead atoms. The van der Waals surface area contributed by atoms with Gasteiger partial charge in [0.1, 0.15) is 4.90 Å². The zero-order valence-corrected chi connectivity index (χ0v) is 11.1. The second-order valence-corrected chi connectivity index (χ2v) is 5.88. The fourth-order valence-electron chi connectivity index (χ4n) is 1.08. The van der Waals surface area contributed by atoms with Crippen molar-refractivity contribution in [3.05, 3.63) is 22.9 Å². The fraction of sp³-hybridized carbons (Fsp3) is 0.444. The third-order valence-electron chi connectivity index (χ3n) is 2.03. The van der Waals surface area contributed by atoms with Crippen LogP contribution in [0.5, 0.6) is 0 Å². The molecule has 1 atom stereocenters. The van der Waals surface area contributed by atoms with Crippen LogP contribution in [-0.4, -0.2) is 31.2 Å². The lowest BCUT2D eigenvalue weighted by Crippen LogP contribution is -2.36. The number of nitrogens with one attached hydrogen (secondary N) is 1. The van der Waals surface area contributed by atoms with Gasteiger partial charge >= 0.3 is 0 Å². The lowest BCUT2D eigenvalue weighted by Gasteiger charge is -2.14. The Morgan fingerprint density at radius 1 is 1.56 bits per heavy atom. The van der Waals surface area contributed by atoms with E-state index in [1.807, 2.05) is 0 Å². The summed E-state index contributed by atoms with van der Waals surface area (Å²) in [6.45, 7) is 1.57. The maximum absolute atomic E-state index is 11.8. The molecule has 0 aliphatic heterocycles. The average Bonchev–Trinajstić information content (AvgIpc) is 2.26. The van der Waals surface area contributed by atoms with Crippen LogP contribution in [0.2, 0.25) is 0 Å². The summed E-state index contributed by atoms with van der Waals surface area (Å²) in [5, 5.41) is 8.94. The molecule has 0 spiro atoms. The molecule has 2 N–H and O–H groups in total. The predicted molar refractivity (Wildman–Crippen MR) is 63.4 cm³/mol. The Hall–Kier alpha value is -0.500. The topological polar surface area (TPSA) is 79.3 Å². The van der Waals surface area contributed by atoms with E-state index in [9.17, 15) is 8.42 Å². The second-order valence-electron chi connectivity index (χ2n) is 3.25. The molecule has 0 aliphatic rings. The van der Waals surface area contributed by atoms with Crippen molar-refractivity contribution in [2.75, 3.05) is 6.61 Å². The molecule has 90 valence electrons. The second kappa shape index (κ2) is 5.72. The monoisotopic (exact) mass is 308 g/mol. The molecular formula is C9H13BrN2O3S. The zero-order chi connectivity index (χ0) is 12.2. The van der Waals surface area contributed by atoms with Crippen LogP contribution in [0.3, 0.4) is 0 Å². The Balaban J connectivity index is 2.94. The number of halogens is 1. The van der Waals surface area contributed by atoms with Crippen molar-refractivity contribution in [2.24, 2.45) is 0 Å². The number of aliphatic hydroxyl groups excluding tert-OH is 1. The van der Waals surface area contributed by atoms with Gasteiger partial charge in [0.15, 0.2) is 0 Å². The lowest BCUT2D eigenvalue weighted by atomic mass is 10.3. The molecule has 0 amide bonds. The van der Waals surface area contributed by atoms with Gasteiger partial charge < -0.3 is 5.11 Å². The molecule has 7 heteroatoms. The molecule has 0 saturated heterocycles. The van der Waals surface area contributed by atoms with Crippen molar-refractivity contribution < 1.29 is 13.5 Å². The first-order valence-corrected chi connectivity index (χ1v) is 7.01. The van der Waals surface area contributed by atoms with E-state index in [0.717, 1.165) is 0 Å². The van der Waals surface area contributed by atoms with Gasteiger partial charge in [-0.05, 0) is 28.4 Å². The van der Waals surface area contributed by atoms with Crippen molar-refractivity contribution in [3.8, 4) is 0 Å². The Bertz CT molecular complexity index is 446. The Labute approximate surface area is 103 Å². The largest absolute Gasteiger partial charge is 0.395 e. The Morgan fingerprint density at radius 2 is 2.25 bits per heavy atom. The van der Waals surface area contributed by atoms with Crippen molar-refractivity contribution in [1.82, 2.24) is 9.71 Å². The highest BCUT2D eigenvalue weighted by Crippen LogP contribution is 2.14. The fourth-order valence-corrected chi connectivity index (χ4v) is 2.89. The van der Waals surface area contributed by atoms with Crippen molar-refractivity contribution in [1.29, 1.82) is 0 Å². The lowest BCUT2D eigenvalue weighted by molar-refractivity contribution is 0.254. The summed E-state index contributed by atoms with van der Waals surface area (Å²) >= 11 is 3.15. The standard InChI is InChI=1S/C9H13BrN2O3S/c1-2-8(6-13)12-16(14,15)9-3-7(10)4-11-5-9/h3-5,8,12-13H,2,6H2,1H3/t8-/m0/s1. The highest BCUT2D eigenvalue weighted by Gasteiger charge is 2.18. The molecule has 0 aromatic carbocycles. The number of rotatable bonds is 5. The normalized spacial score (nSPS) is 13.7. The zero-order valence-electron chi connectivity index (χ0n) is 8.72. The number of aliphatic hydroxyl groups is 1. The van der Waals surface area contributed by atoms with E-state index in [1.165, 1.54) is 18.5 Å². The van der Waals surface area contributed by atoms with Crippen LogP contribution in [0.15, 0.2) is 27.8 Å². The highest BCUT2D eigenvalue weighted by molar-refractivity contribution is 9.10. The summed E-state index contributed by atoms with van der Waals surface area (Å²) in [7, 11) is -3.61. The van der Waals surface area contributed by atoms with E-state index in [1.54, 1.807) is 6.92 Å². The summed E-state index contributed by atoms with van der Waals surface area (Å²) in [5.74, 6) is 0. The van der Waals surface area contributed by atoms with Gasteiger partial charge in [0.2, 0.25) is 10.0 Å². The maximum Gasteiger partial charge on any atom is 0.242 e. The van der Waals surface area contributed by atoms with E-state index in [4.69, 9.17) is 5.11 Å². The van der Waals surface area contributed by atoms with Gasteiger partial charge in [-0.25, -0.2) is 13.1 Å². The van der Waals surface area contributed by atoms with E-state index < -0.39 is 16.1 Å². The first-order valence-electron chi connectivity index (χ1n) is 4.73. The molecule has 0 unspecified atom stereocenters. The molecule has 1 rings (SSSR count). The van der Waals surface area contributed by atoms with E-state index in [2.05, 4.69) is 25.6 Å². The molecule has 16 heavy (non-hydrogen) atoms. The van der Waals surface area contributed by atoms with Crippen molar-refractivity contribution in [2.45, 2.75) is 24.3 Å². The van der Waals surface area contributed by atoms with Gasteiger partial charge in [0.05, 0.1) is 6.61 Å². The predicted octanol–water partition coefficient (Wildman–Crippen LogP) is 0.893. The molecule has 0 fully saturated rings. The maximum atomic E-state index is 11.8. The molecule has 1 heterocycles. The number of aromatic nitrogens is 1. The smallest absolute Gasteiger partial charge is 0.242 e. The van der Waals surface area contributed by atoms with Gasteiger partial charge in [-0.15, -0.1) is 0 Å². The van der Waals surface area contributed by atoms with Gasteiger partial charge in [-0.2, -0.15) is 0 Å². The Morgan fingerprint density at radius 3 is 2.75 bits per heavy atom. The minimum absolute atomic E-state index is 0.0776. The summed E-state index contributed by atoms with van der Waals surface area (Å²) < 4.78 is 26.6.